The van der Waals surface area contributed by atoms with E-state index < -0.39 is 0 Å². The minimum Gasteiger partial charge on any atom is -0.494 e. The Labute approximate surface area is 163 Å². The fraction of sp³-hybridized carbons (Fsp3) is 0.500. The molecule has 0 radical (unpaired) electrons. The Morgan fingerprint density at radius 2 is 2.00 bits per heavy atom. The summed E-state index contributed by atoms with van der Waals surface area (Å²) in [6.45, 7) is 9.03. The molecule has 0 amide bonds. The van der Waals surface area contributed by atoms with E-state index in [4.69, 9.17) is 4.74 Å². The standard InChI is InChI=1S/C20H26N4O2S/c1-4-26-16-7-5-15(6-8-16)17(23-11-9-13(2)10-12-23)18-19(25)24-20(27-18)21-14(3)22-24/h5-8,13,17,25H,4,9-12H2,1-3H3/p+1/t17-/m1/s1. The number of rotatable bonds is 5. The first-order valence-corrected chi connectivity index (χ1v) is 10.5. The Morgan fingerprint density at radius 3 is 2.63 bits per heavy atom. The van der Waals surface area contributed by atoms with Gasteiger partial charge in [-0.25, -0.2) is 4.98 Å². The first-order valence-electron chi connectivity index (χ1n) is 9.69. The van der Waals surface area contributed by atoms with Crippen LogP contribution in [0.2, 0.25) is 0 Å². The molecule has 27 heavy (non-hydrogen) atoms. The predicted octanol–water partition coefficient (Wildman–Crippen LogP) is 2.61. The average molecular weight is 388 g/mol. The summed E-state index contributed by atoms with van der Waals surface area (Å²) in [7, 11) is 0. The van der Waals surface area contributed by atoms with Crippen LogP contribution in [0.4, 0.5) is 0 Å². The van der Waals surface area contributed by atoms with Gasteiger partial charge >= 0.3 is 0 Å². The smallest absolute Gasteiger partial charge is 0.235 e. The molecule has 1 saturated heterocycles. The fourth-order valence-corrected chi connectivity index (χ4v) is 5.14. The molecule has 6 nitrogen and oxygen atoms in total. The number of aromatic nitrogens is 3. The monoisotopic (exact) mass is 387 g/mol. The van der Waals surface area contributed by atoms with Crippen LogP contribution in [0.25, 0.3) is 4.96 Å². The zero-order valence-corrected chi connectivity index (χ0v) is 16.9. The lowest BCUT2D eigenvalue weighted by molar-refractivity contribution is -0.931. The molecular formula is C20H27N4O2S+. The second-order valence-corrected chi connectivity index (χ2v) is 8.43. The van der Waals surface area contributed by atoms with Crippen LogP contribution in [-0.4, -0.2) is 39.4 Å². The van der Waals surface area contributed by atoms with E-state index in [1.165, 1.54) is 23.3 Å². The number of likely N-dealkylation sites (tertiary alicyclic amines) is 1. The first-order chi connectivity index (χ1) is 13.1. The van der Waals surface area contributed by atoms with Gasteiger partial charge in [0.25, 0.3) is 0 Å². The van der Waals surface area contributed by atoms with Crippen molar-refractivity contribution in [1.29, 1.82) is 0 Å². The highest BCUT2D eigenvalue weighted by Gasteiger charge is 2.34. The van der Waals surface area contributed by atoms with E-state index in [9.17, 15) is 5.11 Å². The maximum atomic E-state index is 10.9. The summed E-state index contributed by atoms with van der Waals surface area (Å²) in [6, 6.07) is 8.39. The maximum absolute atomic E-state index is 10.9. The van der Waals surface area contributed by atoms with Gasteiger partial charge in [-0.05, 0) is 56.9 Å². The second kappa shape index (κ2) is 7.48. The molecule has 1 aliphatic rings. The van der Waals surface area contributed by atoms with E-state index in [1.54, 1.807) is 15.9 Å². The summed E-state index contributed by atoms with van der Waals surface area (Å²) < 4.78 is 7.17. The number of nitrogens with one attached hydrogen (secondary N) is 1. The van der Waals surface area contributed by atoms with E-state index in [-0.39, 0.29) is 11.9 Å². The Balaban J connectivity index is 1.74. The number of benzene rings is 1. The van der Waals surface area contributed by atoms with Crippen molar-refractivity contribution in [3.63, 3.8) is 0 Å². The van der Waals surface area contributed by atoms with Crippen molar-refractivity contribution in [3.8, 4) is 11.6 Å². The van der Waals surface area contributed by atoms with Crippen molar-refractivity contribution < 1.29 is 14.7 Å². The van der Waals surface area contributed by atoms with Crippen LogP contribution < -0.4 is 9.64 Å². The minimum absolute atomic E-state index is 0.0852. The normalized spacial score (nSPS) is 21.4. The summed E-state index contributed by atoms with van der Waals surface area (Å²) in [6.07, 6.45) is 2.42. The first kappa shape index (κ1) is 18.3. The highest BCUT2D eigenvalue weighted by Crippen LogP contribution is 2.35. The lowest BCUT2D eigenvalue weighted by Gasteiger charge is -2.33. The molecule has 0 bridgehead atoms. The molecule has 1 aromatic carbocycles. The van der Waals surface area contributed by atoms with Crippen LogP contribution in [-0.2, 0) is 0 Å². The van der Waals surface area contributed by atoms with Crippen LogP contribution >= 0.6 is 11.3 Å². The molecule has 3 heterocycles. The van der Waals surface area contributed by atoms with Crippen LogP contribution in [0.15, 0.2) is 24.3 Å². The number of piperidine rings is 1. The quantitative estimate of drug-likeness (QED) is 0.706. The minimum atomic E-state index is 0.0852. The molecular weight excluding hydrogens is 360 g/mol. The zero-order chi connectivity index (χ0) is 19.0. The second-order valence-electron chi connectivity index (χ2n) is 7.42. The van der Waals surface area contributed by atoms with E-state index in [2.05, 4.69) is 29.1 Å². The van der Waals surface area contributed by atoms with Gasteiger partial charge in [0.05, 0.1) is 19.7 Å². The van der Waals surface area contributed by atoms with Crippen molar-refractivity contribution in [1.82, 2.24) is 14.6 Å². The van der Waals surface area contributed by atoms with Crippen LogP contribution in [0, 0.1) is 12.8 Å². The topological polar surface area (TPSA) is 64.1 Å². The molecule has 0 saturated carbocycles. The van der Waals surface area contributed by atoms with Crippen molar-refractivity contribution >= 4 is 16.3 Å². The van der Waals surface area contributed by atoms with Gasteiger partial charge in [-0.3, -0.25) is 0 Å². The molecule has 1 atom stereocenters. The Kier molecular flexibility index (Phi) is 5.06. The number of nitrogens with zero attached hydrogens (tertiary/aromatic N) is 3. The third-order valence-electron chi connectivity index (χ3n) is 5.42. The van der Waals surface area contributed by atoms with E-state index >= 15 is 0 Å². The SMILES string of the molecule is CCOc1ccc([C@H](c2sc3nc(C)nn3c2O)[NH+]2CCC(C)CC2)cc1. The van der Waals surface area contributed by atoms with Gasteiger partial charge in [-0.2, -0.15) is 4.52 Å². The molecule has 4 rings (SSSR count). The van der Waals surface area contributed by atoms with Gasteiger partial charge in [-0.15, -0.1) is 5.10 Å². The van der Waals surface area contributed by atoms with Crippen molar-refractivity contribution in [2.24, 2.45) is 5.92 Å². The summed E-state index contributed by atoms with van der Waals surface area (Å²) in [5.74, 6) is 2.55. The summed E-state index contributed by atoms with van der Waals surface area (Å²) in [4.78, 5) is 7.64. The predicted molar refractivity (Wildman–Crippen MR) is 106 cm³/mol. The number of aromatic hydroxyl groups is 1. The van der Waals surface area contributed by atoms with Crippen molar-refractivity contribution in [3.05, 3.63) is 40.5 Å². The van der Waals surface area contributed by atoms with Crippen molar-refractivity contribution in [2.45, 2.75) is 39.7 Å². The molecule has 1 fully saturated rings. The van der Waals surface area contributed by atoms with Gasteiger partial charge in [0.1, 0.15) is 16.5 Å². The Morgan fingerprint density at radius 1 is 1.30 bits per heavy atom. The number of hydrogen-bond acceptors (Lipinski definition) is 5. The van der Waals surface area contributed by atoms with Gasteiger partial charge in [0.2, 0.25) is 10.8 Å². The lowest BCUT2D eigenvalue weighted by Crippen LogP contribution is -3.13. The van der Waals surface area contributed by atoms with Gasteiger partial charge in [-0.1, -0.05) is 18.3 Å². The number of ether oxygens (including phenoxy) is 1. The van der Waals surface area contributed by atoms with E-state index in [0.717, 1.165) is 34.6 Å². The maximum Gasteiger partial charge on any atom is 0.235 e. The highest BCUT2D eigenvalue weighted by molar-refractivity contribution is 7.17. The molecule has 0 unspecified atom stereocenters. The molecule has 2 N–H and O–H groups in total. The molecule has 1 aliphatic heterocycles. The summed E-state index contributed by atoms with van der Waals surface area (Å²) in [5.41, 5.74) is 1.19. The average Bonchev–Trinajstić information content (AvgIpc) is 3.16. The van der Waals surface area contributed by atoms with Crippen LogP contribution in [0.1, 0.15) is 49.0 Å². The third kappa shape index (κ3) is 3.53. The largest absolute Gasteiger partial charge is 0.494 e. The number of hydrogen-bond donors (Lipinski definition) is 2. The van der Waals surface area contributed by atoms with E-state index in [0.29, 0.717) is 12.4 Å². The number of fused-ring (bicyclic) bond motifs is 1. The molecule has 7 heteroatoms. The highest BCUT2D eigenvalue weighted by atomic mass is 32.1. The summed E-state index contributed by atoms with van der Waals surface area (Å²) in [5, 5.41) is 15.2. The fourth-order valence-electron chi connectivity index (χ4n) is 3.95. The third-order valence-corrected chi connectivity index (χ3v) is 6.50. The molecule has 0 aliphatic carbocycles. The lowest BCUT2D eigenvalue weighted by atomic mass is 9.95. The molecule has 0 spiro atoms. The Bertz CT molecular complexity index is 910. The molecule has 144 valence electrons. The van der Waals surface area contributed by atoms with Gasteiger partial charge in [0.15, 0.2) is 6.04 Å². The molecule has 3 aromatic rings. The van der Waals surface area contributed by atoms with Crippen molar-refractivity contribution in [2.75, 3.05) is 19.7 Å². The Hall–Kier alpha value is -2.12. The molecule has 2 aromatic heterocycles. The number of thiazole rings is 1. The number of quaternary nitrogens is 1. The van der Waals surface area contributed by atoms with Crippen LogP contribution in [0.3, 0.4) is 0 Å². The van der Waals surface area contributed by atoms with E-state index in [1.807, 2.05) is 26.0 Å². The van der Waals surface area contributed by atoms with Gasteiger partial charge < -0.3 is 14.7 Å². The van der Waals surface area contributed by atoms with Crippen LogP contribution in [0.5, 0.6) is 11.6 Å². The zero-order valence-electron chi connectivity index (χ0n) is 16.1. The number of aryl methyl sites for hydroxylation is 1. The summed E-state index contributed by atoms with van der Waals surface area (Å²) >= 11 is 1.54. The van der Waals surface area contributed by atoms with Gasteiger partial charge in [0, 0.05) is 5.56 Å².